The van der Waals surface area contributed by atoms with Crippen LogP contribution in [0.3, 0.4) is 0 Å². The molecule has 0 spiro atoms. The van der Waals surface area contributed by atoms with E-state index in [0.29, 0.717) is 0 Å². The highest BCUT2D eigenvalue weighted by Gasteiger charge is 1.74. The zero-order valence-electron chi connectivity index (χ0n) is 4.38. The summed E-state index contributed by atoms with van der Waals surface area (Å²) < 4.78 is 2.02. The third kappa shape index (κ3) is 10.8. The normalized spacial score (nSPS) is 7.86. The van der Waals surface area contributed by atoms with Crippen molar-refractivity contribution < 1.29 is 4.33 Å². The van der Waals surface area contributed by atoms with Gasteiger partial charge in [0, 0.05) is 0 Å². The van der Waals surface area contributed by atoms with Crippen molar-refractivity contribution in [3.8, 4) is 0 Å². The summed E-state index contributed by atoms with van der Waals surface area (Å²) in [5.41, 5.74) is 0. The monoisotopic (exact) mass is 159 g/mol. The molecule has 0 aliphatic heterocycles. The van der Waals surface area contributed by atoms with Crippen LogP contribution in [0.15, 0.2) is 0 Å². The van der Waals surface area contributed by atoms with E-state index in [9.17, 15) is 0 Å². The number of nitrogens with one attached hydrogen (secondary N) is 1. The lowest BCUT2D eigenvalue weighted by Gasteiger charge is -1.75. The van der Waals surface area contributed by atoms with E-state index in [2.05, 4.69) is 14.2 Å². The second-order valence-corrected chi connectivity index (χ2v) is 3.11. The Labute approximate surface area is 54.3 Å². The Morgan fingerprint density at radius 2 is 2.00 bits per heavy atom. The molecule has 1 unspecified atom stereocenters. The van der Waals surface area contributed by atoms with Crippen molar-refractivity contribution in [3.63, 3.8) is 0 Å². The Morgan fingerprint density at radius 1 is 1.57 bits per heavy atom. The van der Waals surface area contributed by atoms with Crippen LogP contribution in [0, 0.1) is 0 Å². The topological polar surface area (TPSA) is 15.0 Å². The lowest BCUT2D eigenvalue weighted by molar-refractivity contribution is -0.438. The standard InChI is InChI=1S/C2H8N2P2.ClH/c1-4(2)6-3-5;/h5H2,1-2H3;1H/p+1. The van der Waals surface area contributed by atoms with Crippen molar-refractivity contribution in [3.05, 3.63) is 0 Å². The van der Waals surface area contributed by atoms with Gasteiger partial charge in [0.2, 0.25) is 0 Å². The molecule has 1 atom stereocenters. The van der Waals surface area contributed by atoms with Gasteiger partial charge < -0.3 is 0 Å². The molecule has 0 rings (SSSR count). The van der Waals surface area contributed by atoms with Gasteiger partial charge in [-0.05, 0) is 0 Å². The molecule has 0 aromatic rings. The average Bonchev–Trinajstić information content (AvgIpc) is 1.35. The molecule has 0 radical (unpaired) electrons. The van der Waals surface area contributed by atoms with Crippen LogP contribution in [0.5, 0.6) is 0 Å². The molecule has 0 amide bonds. The van der Waals surface area contributed by atoms with E-state index in [1.54, 1.807) is 0 Å². The van der Waals surface area contributed by atoms with E-state index in [1.165, 1.54) is 0 Å². The Hall–Kier alpha value is 0.780. The summed E-state index contributed by atoms with van der Waals surface area (Å²) in [5.74, 6) is 0. The SMILES string of the molecule is C[N+](C)=PNP.Cl. The number of halogens is 1. The number of hydrogen-bond acceptors (Lipinski definition) is 0. The van der Waals surface area contributed by atoms with Crippen molar-refractivity contribution in [2.24, 2.45) is 0 Å². The van der Waals surface area contributed by atoms with E-state index < -0.39 is 0 Å². The Balaban J connectivity index is 0. The summed E-state index contributed by atoms with van der Waals surface area (Å²) in [6.07, 6.45) is 0. The number of rotatable bonds is 1. The van der Waals surface area contributed by atoms with Crippen LogP contribution in [-0.4, -0.2) is 18.4 Å². The van der Waals surface area contributed by atoms with Crippen molar-refractivity contribution in [2.75, 3.05) is 14.1 Å². The first-order chi connectivity index (χ1) is 2.77. The van der Waals surface area contributed by atoms with Gasteiger partial charge in [-0.3, -0.25) is 0 Å². The summed E-state index contributed by atoms with van der Waals surface area (Å²) in [5, 5.41) is 0. The first-order valence-corrected chi connectivity index (χ1v) is 3.03. The molecular weight excluding hydrogens is 149 g/mol. The highest BCUT2D eigenvalue weighted by molar-refractivity contribution is 7.35. The van der Waals surface area contributed by atoms with Gasteiger partial charge in [-0.1, -0.05) is 9.39 Å². The molecule has 44 valence electrons. The first kappa shape index (κ1) is 10.7. The fraction of sp³-hybridized carbons (Fsp3) is 1.00. The van der Waals surface area contributed by atoms with Gasteiger partial charge in [0.15, 0.2) is 0 Å². The summed E-state index contributed by atoms with van der Waals surface area (Å²) >= 11 is 0. The van der Waals surface area contributed by atoms with Gasteiger partial charge >= 0.3 is 8.52 Å². The van der Waals surface area contributed by atoms with Crippen molar-refractivity contribution in [2.45, 2.75) is 0 Å². The number of nitrogens with zero attached hydrogens (tertiary/aromatic N) is 1. The second kappa shape index (κ2) is 6.78. The van der Waals surface area contributed by atoms with E-state index in [-0.39, 0.29) is 12.4 Å². The molecule has 0 saturated heterocycles. The summed E-state index contributed by atoms with van der Waals surface area (Å²) in [4.78, 5) is 2.88. The smallest absolute Gasteiger partial charge is 0.212 e. The third-order valence-electron chi connectivity index (χ3n) is 0.258. The van der Waals surface area contributed by atoms with Crippen LogP contribution in [0.2, 0.25) is 0 Å². The zero-order chi connectivity index (χ0) is 4.99. The molecule has 0 aliphatic rings. The van der Waals surface area contributed by atoms with Gasteiger partial charge in [0.05, 0.1) is 0 Å². The zero-order valence-corrected chi connectivity index (χ0v) is 7.25. The maximum absolute atomic E-state index is 2.88. The fourth-order valence-electron chi connectivity index (χ4n) is 0.115. The van der Waals surface area contributed by atoms with E-state index in [4.69, 9.17) is 0 Å². The second-order valence-electron chi connectivity index (χ2n) is 1.08. The molecule has 0 bridgehead atoms. The molecule has 0 aliphatic carbocycles. The highest BCUT2D eigenvalue weighted by atomic mass is 35.5. The Morgan fingerprint density at radius 3 is 2.00 bits per heavy atom. The van der Waals surface area contributed by atoms with Crippen LogP contribution in [0.4, 0.5) is 0 Å². The molecule has 0 aromatic carbocycles. The van der Waals surface area contributed by atoms with Gasteiger partial charge in [-0.15, -0.1) is 12.4 Å². The minimum atomic E-state index is 0. The Kier molecular flexibility index (Phi) is 10.4. The van der Waals surface area contributed by atoms with Crippen LogP contribution >= 0.6 is 30.3 Å². The molecule has 7 heavy (non-hydrogen) atoms. The molecule has 1 N–H and O–H groups in total. The van der Waals surface area contributed by atoms with E-state index >= 15 is 0 Å². The average molecular weight is 160 g/mol. The lowest BCUT2D eigenvalue weighted by atomic mass is 11.3. The first-order valence-electron chi connectivity index (χ1n) is 1.61. The largest absolute Gasteiger partial charge is 0.308 e. The minimum absolute atomic E-state index is 0. The molecule has 0 saturated carbocycles. The van der Waals surface area contributed by atoms with Gasteiger partial charge in [0.25, 0.3) is 0 Å². The molecule has 0 fully saturated rings. The molecule has 0 aromatic heterocycles. The Bertz CT molecular complexity index is 60.7. The van der Waals surface area contributed by atoms with Crippen LogP contribution in [-0.2, 0) is 0 Å². The molecular formula is C2H10ClN2P2+. The predicted molar refractivity (Wildman–Crippen MR) is 39.1 cm³/mol. The fourth-order valence-corrected chi connectivity index (χ4v) is 1.04. The van der Waals surface area contributed by atoms with Crippen LogP contribution in [0.1, 0.15) is 0 Å². The lowest BCUT2D eigenvalue weighted by Crippen LogP contribution is -1.87. The van der Waals surface area contributed by atoms with Gasteiger partial charge in [0.1, 0.15) is 14.1 Å². The van der Waals surface area contributed by atoms with Gasteiger partial charge in [-0.2, -0.15) is 4.86 Å². The maximum Gasteiger partial charge on any atom is 0.308 e. The molecule has 2 nitrogen and oxygen atoms in total. The van der Waals surface area contributed by atoms with E-state index in [1.807, 2.05) is 18.4 Å². The quantitative estimate of drug-likeness (QED) is 0.567. The molecule has 0 heterocycles. The predicted octanol–water partition coefficient (Wildman–Crippen LogP) is 1.10. The van der Waals surface area contributed by atoms with Crippen LogP contribution in [0.25, 0.3) is 0 Å². The third-order valence-corrected chi connectivity index (χ3v) is 1.12. The van der Waals surface area contributed by atoms with Crippen molar-refractivity contribution >= 4 is 30.3 Å². The highest BCUT2D eigenvalue weighted by Crippen LogP contribution is 1.88. The summed E-state index contributed by atoms with van der Waals surface area (Å²) in [6, 6.07) is 0. The maximum atomic E-state index is 2.88. The number of hydrogen-bond donors (Lipinski definition) is 1. The molecule has 5 heteroatoms. The summed E-state index contributed by atoms with van der Waals surface area (Å²) in [7, 11) is 7.54. The van der Waals surface area contributed by atoms with Crippen molar-refractivity contribution in [1.82, 2.24) is 4.86 Å². The van der Waals surface area contributed by atoms with E-state index in [0.717, 1.165) is 8.52 Å². The van der Waals surface area contributed by atoms with Gasteiger partial charge in [-0.25, -0.2) is 4.33 Å². The van der Waals surface area contributed by atoms with Crippen molar-refractivity contribution in [1.29, 1.82) is 0 Å². The summed E-state index contributed by atoms with van der Waals surface area (Å²) in [6.45, 7) is 0. The van der Waals surface area contributed by atoms with Crippen LogP contribution < -0.4 is 4.86 Å². The minimum Gasteiger partial charge on any atom is -0.212 e.